The van der Waals surface area contributed by atoms with Crippen molar-refractivity contribution in [2.45, 2.75) is 6.92 Å². The second-order valence-electron chi connectivity index (χ2n) is 3.71. The van der Waals surface area contributed by atoms with E-state index < -0.39 is 11.4 Å². The highest BCUT2D eigenvalue weighted by Gasteiger charge is 2.10. The Bertz CT molecular complexity index is 652. The summed E-state index contributed by atoms with van der Waals surface area (Å²) in [6.07, 6.45) is 0. The van der Waals surface area contributed by atoms with Gasteiger partial charge in [0.15, 0.2) is 11.6 Å². The maximum Gasteiger partial charge on any atom is 0.257 e. The van der Waals surface area contributed by atoms with Gasteiger partial charge in [-0.2, -0.15) is 4.98 Å². The van der Waals surface area contributed by atoms with Crippen LogP contribution in [-0.2, 0) is 0 Å². The van der Waals surface area contributed by atoms with Crippen molar-refractivity contribution >= 4 is 0 Å². The SMILES string of the molecule is COc1cc(-c2nc(O)c(C)c(=O)[nH]2)ccc1F. The number of aromatic nitrogens is 2. The van der Waals surface area contributed by atoms with Gasteiger partial charge in [-0.3, -0.25) is 4.79 Å². The lowest BCUT2D eigenvalue weighted by atomic mass is 10.2. The fraction of sp³-hybridized carbons (Fsp3) is 0.167. The number of hydrogen-bond acceptors (Lipinski definition) is 4. The van der Waals surface area contributed by atoms with Gasteiger partial charge in [0.1, 0.15) is 5.82 Å². The third kappa shape index (κ3) is 2.04. The van der Waals surface area contributed by atoms with Gasteiger partial charge < -0.3 is 14.8 Å². The number of nitrogens with zero attached hydrogens (tertiary/aromatic N) is 1. The van der Waals surface area contributed by atoms with Gasteiger partial charge in [-0.1, -0.05) is 0 Å². The van der Waals surface area contributed by atoms with Gasteiger partial charge in [-0.15, -0.1) is 0 Å². The Morgan fingerprint density at radius 2 is 2.17 bits per heavy atom. The topological polar surface area (TPSA) is 75.2 Å². The molecule has 5 nitrogen and oxygen atoms in total. The highest BCUT2D eigenvalue weighted by Crippen LogP contribution is 2.24. The van der Waals surface area contributed by atoms with Crippen molar-refractivity contribution in [3.8, 4) is 23.0 Å². The summed E-state index contributed by atoms with van der Waals surface area (Å²) in [6.45, 7) is 1.45. The van der Waals surface area contributed by atoms with Crippen molar-refractivity contribution in [2.24, 2.45) is 0 Å². The van der Waals surface area contributed by atoms with E-state index >= 15 is 0 Å². The van der Waals surface area contributed by atoms with Gasteiger partial charge in [0.05, 0.1) is 12.7 Å². The average Bonchev–Trinajstić information content (AvgIpc) is 2.36. The fourth-order valence-electron chi connectivity index (χ4n) is 1.46. The summed E-state index contributed by atoms with van der Waals surface area (Å²) in [5.74, 6) is -0.673. The van der Waals surface area contributed by atoms with E-state index in [1.54, 1.807) is 0 Å². The molecule has 0 saturated heterocycles. The third-order valence-electron chi connectivity index (χ3n) is 2.55. The number of methoxy groups -OCH3 is 1. The second kappa shape index (κ2) is 4.48. The molecule has 0 aliphatic heterocycles. The van der Waals surface area contributed by atoms with E-state index in [2.05, 4.69) is 9.97 Å². The molecular weight excluding hydrogens is 239 g/mol. The molecule has 2 N–H and O–H groups in total. The van der Waals surface area contributed by atoms with E-state index in [1.807, 2.05) is 0 Å². The average molecular weight is 250 g/mol. The Balaban J connectivity index is 2.59. The molecule has 1 aromatic heterocycles. The Labute approximate surface area is 102 Å². The first-order valence-corrected chi connectivity index (χ1v) is 5.16. The predicted octanol–water partition coefficient (Wildman–Crippen LogP) is 1.60. The standard InChI is InChI=1S/C12H11FN2O3/c1-6-11(16)14-10(15-12(6)17)7-3-4-8(13)9(5-7)18-2/h3-5H,1-2H3,(H2,14,15,16,17). The van der Waals surface area contributed by atoms with Crippen LogP contribution in [0.1, 0.15) is 5.56 Å². The predicted molar refractivity (Wildman–Crippen MR) is 63.2 cm³/mol. The van der Waals surface area contributed by atoms with Gasteiger partial charge in [-0.05, 0) is 25.1 Å². The number of rotatable bonds is 2. The van der Waals surface area contributed by atoms with Crippen LogP contribution in [0.3, 0.4) is 0 Å². The Kier molecular flexibility index (Phi) is 3.01. The van der Waals surface area contributed by atoms with Crippen LogP contribution in [0.25, 0.3) is 11.4 Å². The number of hydrogen-bond donors (Lipinski definition) is 2. The molecule has 0 saturated carbocycles. The number of nitrogens with one attached hydrogen (secondary N) is 1. The molecule has 1 aromatic carbocycles. The van der Waals surface area contributed by atoms with Crippen molar-refractivity contribution in [3.05, 3.63) is 39.9 Å². The lowest BCUT2D eigenvalue weighted by Crippen LogP contribution is -2.12. The van der Waals surface area contributed by atoms with Crippen LogP contribution in [0, 0.1) is 12.7 Å². The summed E-state index contributed by atoms with van der Waals surface area (Å²) in [7, 11) is 1.34. The van der Waals surface area contributed by atoms with E-state index in [-0.39, 0.29) is 23.0 Å². The monoisotopic (exact) mass is 250 g/mol. The van der Waals surface area contributed by atoms with Crippen molar-refractivity contribution in [3.63, 3.8) is 0 Å². The van der Waals surface area contributed by atoms with Crippen LogP contribution < -0.4 is 10.3 Å². The minimum atomic E-state index is -0.514. The maximum absolute atomic E-state index is 13.2. The highest BCUT2D eigenvalue weighted by molar-refractivity contribution is 5.58. The number of halogens is 1. The van der Waals surface area contributed by atoms with Crippen LogP contribution in [-0.4, -0.2) is 22.2 Å². The Hall–Kier alpha value is -2.37. The van der Waals surface area contributed by atoms with Crippen molar-refractivity contribution in [1.29, 1.82) is 0 Å². The fourth-order valence-corrected chi connectivity index (χ4v) is 1.46. The minimum Gasteiger partial charge on any atom is -0.494 e. The number of benzene rings is 1. The van der Waals surface area contributed by atoms with E-state index in [1.165, 1.54) is 32.2 Å². The van der Waals surface area contributed by atoms with Gasteiger partial charge in [0.25, 0.3) is 5.56 Å². The molecule has 6 heteroatoms. The van der Waals surface area contributed by atoms with Gasteiger partial charge in [-0.25, -0.2) is 4.39 Å². The summed E-state index contributed by atoms with van der Waals surface area (Å²) in [5, 5.41) is 9.49. The maximum atomic E-state index is 13.2. The van der Waals surface area contributed by atoms with Crippen LogP contribution in [0.5, 0.6) is 11.6 Å². The van der Waals surface area contributed by atoms with E-state index in [9.17, 15) is 14.3 Å². The van der Waals surface area contributed by atoms with E-state index in [4.69, 9.17) is 4.74 Å². The van der Waals surface area contributed by atoms with Gasteiger partial charge in [0, 0.05) is 5.56 Å². The summed E-state index contributed by atoms with van der Waals surface area (Å²) in [6, 6.07) is 4.03. The Morgan fingerprint density at radius 1 is 1.44 bits per heavy atom. The van der Waals surface area contributed by atoms with Gasteiger partial charge >= 0.3 is 0 Å². The molecule has 0 fully saturated rings. The van der Waals surface area contributed by atoms with Crippen LogP contribution in [0.15, 0.2) is 23.0 Å². The smallest absolute Gasteiger partial charge is 0.257 e. The molecule has 0 radical (unpaired) electrons. The zero-order chi connectivity index (χ0) is 13.3. The number of ether oxygens (including phenoxy) is 1. The molecule has 0 unspecified atom stereocenters. The molecule has 0 spiro atoms. The zero-order valence-corrected chi connectivity index (χ0v) is 9.82. The quantitative estimate of drug-likeness (QED) is 0.848. The number of aromatic amines is 1. The van der Waals surface area contributed by atoms with Crippen LogP contribution in [0.2, 0.25) is 0 Å². The van der Waals surface area contributed by atoms with E-state index in [0.717, 1.165) is 0 Å². The Morgan fingerprint density at radius 3 is 2.78 bits per heavy atom. The summed E-state index contributed by atoms with van der Waals surface area (Å²) in [5.41, 5.74) is 0.134. The van der Waals surface area contributed by atoms with Crippen LogP contribution >= 0.6 is 0 Å². The van der Waals surface area contributed by atoms with Crippen molar-refractivity contribution < 1.29 is 14.2 Å². The molecule has 1 heterocycles. The second-order valence-corrected chi connectivity index (χ2v) is 3.71. The number of H-pyrrole nitrogens is 1. The summed E-state index contributed by atoms with van der Waals surface area (Å²) in [4.78, 5) is 17.8. The normalized spacial score (nSPS) is 10.4. The number of aromatic hydroxyl groups is 1. The van der Waals surface area contributed by atoms with Crippen molar-refractivity contribution in [2.75, 3.05) is 7.11 Å². The molecule has 18 heavy (non-hydrogen) atoms. The molecule has 94 valence electrons. The first-order valence-electron chi connectivity index (χ1n) is 5.16. The van der Waals surface area contributed by atoms with Crippen molar-refractivity contribution in [1.82, 2.24) is 9.97 Å². The third-order valence-corrected chi connectivity index (χ3v) is 2.55. The first-order chi connectivity index (χ1) is 8.52. The lowest BCUT2D eigenvalue weighted by molar-refractivity contribution is 0.386. The summed E-state index contributed by atoms with van der Waals surface area (Å²) >= 11 is 0. The molecular formula is C12H11FN2O3. The molecule has 0 bridgehead atoms. The molecule has 0 amide bonds. The lowest BCUT2D eigenvalue weighted by Gasteiger charge is -2.06. The zero-order valence-electron chi connectivity index (χ0n) is 9.82. The minimum absolute atomic E-state index is 0.0372. The van der Waals surface area contributed by atoms with E-state index in [0.29, 0.717) is 5.56 Å². The molecule has 0 aliphatic carbocycles. The molecule has 0 atom stereocenters. The largest absolute Gasteiger partial charge is 0.494 e. The summed E-state index contributed by atoms with van der Waals surface area (Å²) < 4.78 is 18.1. The molecule has 2 aromatic rings. The highest BCUT2D eigenvalue weighted by atomic mass is 19.1. The van der Waals surface area contributed by atoms with Gasteiger partial charge in [0.2, 0.25) is 5.88 Å². The molecule has 0 aliphatic rings. The molecule has 2 rings (SSSR count). The first kappa shape index (κ1) is 12.1. The van der Waals surface area contributed by atoms with Crippen LogP contribution in [0.4, 0.5) is 4.39 Å².